The molecule has 0 radical (unpaired) electrons. The first kappa shape index (κ1) is 14.4. The standard InChI is InChI=1S/C15H26N2O2/c1-4-12-13(18)17(15(2,3)14(19)16-12)11-9-7-5-6-8-10-11/h11-12H,4-10H2,1-3H3,(H,16,19). The van der Waals surface area contributed by atoms with Crippen LogP contribution in [0.1, 0.15) is 65.7 Å². The van der Waals surface area contributed by atoms with Crippen LogP contribution in [-0.2, 0) is 9.59 Å². The molecule has 2 rings (SSSR count). The molecule has 2 fully saturated rings. The first-order valence-corrected chi connectivity index (χ1v) is 7.62. The molecule has 19 heavy (non-hydrogen) atoms. The molecule has 2 amide bonds. The van der Waals surface area contributed by atoms with Crippen molar-refractivity contribution in [1.82, 2.24) is 10.2 Å². The van der Waals surface area contributed by atoms with Gasteiger partial charge >= 0.3 is 0 Å². The maximum absolute atomic E-state index is 12.6. The van der Waals surface area contributed by atoms with Gasteiger partial charge < -0.3 is 10.2 Å². The lowest BCUT2D eigenvalue weighted by Crippen LogP contribution is -2.70. The van der Waals surface area contributed by atoms with Crippen LogP contribution in [0.5, 0.6) is 0 Å². The van der Waals surface area contributed by atoms with E-state index in [0.717, 1.165) is 12.8 Å². The van der Waals surface area contributed by atoms with Crippen molar-refractivity contribution >= 4 is 11.8 Å². The van der Waals surface area contributed by atoms with Crippen molar-refractivity contribution in [3.8, 4) is 0 Å². The molecule has 1 saturated heterocycles. The highest BCUT2D eigenvalue weighted by Gasteiger charge is 2.48. The van der Waals surface area contributed by atoms with Crippen LogP contribution in [0.25, 0.3) is 0 Å². The van der Waals surface area contributed by atoms with E-state index in [1.54, 1.807) is 0 Å². The van der Waals surface area contributed by atoms with Crippen molar-refractivity contribution in [2.75, 3.05) is 0 Å². The van der Waals surface area contributed by atoms with E-state index in [2.05, 4.69) is 5.32 Å². The van der Waals surface area contributed by atoms with E-state index in [-0.39, 0.29) is 23.9 Å². The molecule has 2 aliphatic rings. The second kappa shape index (κ2) is 5.51. The van der Waals surface area contributed by atoms with E-state index in [1.807, 2.05) is 25.7 Å². The summed E-state index contributed by atoms with van der Waals surface area (Å²) in [5.41, 5.74) is -0.711. The summed E-state index contributed by atoms with van der Waals surface area (Å²) in [5.74, 6) is 0.0993. The van der Waals surface area contributed by atoms with Gasteiger partial charge in [-0.25, -0.2) is 0 Å². The number of nitrogens with one attached hydrogen (secondary N) is 1. The van der Waals surface area contributed by atoms with Crippen molar-refractivity contribution in [1.29, 1.82) is 0 Å². The number of nitrogens with zero attached hydrogens (tertiary/aromatic N) is 1. The van der Waals surface area contributed by atoms with Crippen LogP contribution in [0, 0.1) is 0 Å². The fourth-order valence-electron chi connectivity index (χ4n) is 3.38. The summed E-state index contributed by atoms with van der Waals surface area (Å²) in [6, 6.07) is -0.0890. The quantitative estimate of drug-likeness (QED) is 0.779. The van der Waals surface area contributed by atoms with Gasteiger partial charge in [0.15, 0.2) is 0 Å². The van der Waals surface area contributed by atoms with Crippen molar-refractivity contribution in [2.24, 2.45) is 0 Å². The van der Waals surface area contributed by atoms with Gasteiger partial charge in [0.05, 0.1) is 0 Å². The van der Waals surface area contributed by atoms with E-state index in [9.17, 15) is 9.59 Å². The summed E-state index contributed by atoms with van der Waals surface area (Å²) in [4.78, 5) is 26.8. The second-order valence-electron chi connectivity index (χ2n) is 6.35. The van der Waals surface area contributed by atoms with Crippen LogP contribution < -0.4 is 5.32 Å². The molecule has 1 unspecified atom stereocenters. The van der Waals surface area contributed by atoms with Crippen LogP contribution >= 0.6 is 0 Å². The first-order valence-electron chi connectivity index (χ1n) is 7.62. The number of amides is 2. The summed E-state index contributed by atoms with van der Waals surface area (Å²) in [6.45, 7) is 5.69. The Morgan fingerprint density at radius 1 is 1.16 bits per heavy atom. The van der Waals surface area contributed by atoms with Crippen molar-refractivity contribution in [3.05, 3.63) is 0 Å². The summed E-state index contributed by atoms with van der Waals surface area (Å²) in [5, 5.41) is 2.86. The average molecular weight is 266 g/mol. The third-order valence-electron chi connectivity index (χ3n) is 4.60. The second-order valence-corrected chi connectivity index (χ2v) is 6.35. The van der Waals surface area contributed by atoms with Gasteiger partial charge in [0, 0.05) is 6.04 Å². The molecule has 1 heterocycles. The molecule has 0 spiro atoms. The number of piperazine rings is 1. The normalized spacial score (nSPS) is 29.0. The molecule has 4 nitrogen and oxygen atoms in total. The molecule has 0 bridgehead atoms. The van der Waals surface area contributed by atoms with Gasteiger partial charge in [-0.1, -0.05) is 32.6 Å². The average Bonchev–Trinajstić information content (AvgIpc) is 2.63. The van der Waals surface area contributed by atoms with E-state index < -0.39 is 5.54 Å². The van der Waals surface area contributed by atoms with Crippen LogP contribution in [0.4, 0.5) is 0 Å². The molecule has 4 heteroatoms. The Bertz CT molecular complexity index is 357. The summed E-state index contributed by atoms with van der Waals surface area (Å²) >= 11 is 0. The Morgan fingerprint density at radius 3 is 2.26 bits per heavy atom. The maximum atomic E-state index is 12.6. The molecule has 1 N–H and O–H groups in total. The highest BCUT2D eigenvalue weighted by atomic mass is 16.2. The molecule has 0 aromatic heterocycles. The van der Waals surface area contributed by atoms with E-state index in [0.29, 0.717) is 6.42 Å². The molecule has 108 valence electrons. The number of hydrogen-bond donors (Lipinski definition) is 1. The van der Waals surface area contributed by atoms with Crippen molar-refractivity contribution < 1.29 is 9.59 Å². The Labute approximate surface area is 115 Å². The topological polar surface area (TPSA) is 49.4 Å². The van der Waals surface area contributed by atoms with Crippen LogP contribution in [0.3, 0.4) is 0 Å². The lowest BCUT2D eigenvalue weighted by Gasteiger charge is -2.48. The minimum absolute atomic E-state index is 0.0109. The third-order valence-corrected chi connectivity index (χ3v) is 4.60. The Morgan fingerprint density at radius 2 is 1.74 bits per heavy atom. The number of carbonyl (C=O) groups is 2. The van der Waals surface area contributed by atoms with Crippen LogP contribution in [0.2, 0.25) is 0 Å². The maximum Gasteiger partial charge on any atom is 0.246 e. The van der Waals surface area contributed by atoms with Gasteiger partial charge in [-0.3, -0.25) is 9.59 Å². The molecule has 1 saturated carbocycles. The molecule has 1 aliphatic heterocycles. The molecular formula is C15H26N2O2. The molecule has 0 aromatic carbocycles. The first-order chi connectivity index (χ1) is 8.98. The predicted octanol–water partition coefficient (Wildman–Crippen LogP) is 2.22. The number of rotatable bonds is 2. The summed E-state index contributed by atoms with van der Waals surface area (Å²) in [6.07, 6.45) is 7.60. The van der Waals surface area contributed by atoms with E-state index in [1.165, 1.54) is 25.7 Å². The predicted molar refractivity (Wildman–Crippen MR) is 74.6 cm³/mol. The van der Waals surface area contributed by atoms with Gasteiger partial charge in [-0.05, 0) is 33.1 Å². The highest BCUT2D eigenvalue weighted by molar-refractivity contribution is 5.99. The fraction of sp³-hybridized carbons (Fsp3) is 0.867. The molecular weight excluding hydrogens is 240 g/mol. The van der Waals surface area contributed by atoms with Crippen LogP contribution in [0.15, 0.2) is 0 Å². The molecule has 1 aliphatic carbocycles. The monoisotopic (exact) mass is 266 g/mol. The van der Waals surface area contributed by atoms with Crippen molar-refractivity contribution in [3.63, 3.8) is 0 Å². The van der Waals surface area contributed by atoms with E-state index >= 15 is 0 Å². The summed E-state index contributed by atoms with van der Waals surface area (Å²) < 4.78 is 0. The van der Waals surface area contributed by atoms with E-state index in [4.69, 9.17) is 0 Å². The zero-order chi connectivity index (χ0) is 14.0. The van der Waals surface area contributed by atoms with Gasteiger partial charge in [0.25, 0.3) is 0 Å². The van der Waals surface area contributed by atoms with Gasteiger partial charge in [0.1, 0.15) is 11.6 Å². The van der Waals surface area contributed by atoms with Gasteiger partial charge in [-0.2, -0.15) is 0 Å². The lowest BCUT2D eigenvalue weighted by atomic mass is 9.90. The smallest absolute Gasteiger partial charge is 0.246 e. The third kappa shape index (κ3) is 2.63. The molecule has 0 aromatic rings. The Kier molecular flexibility index (Phi) is 4.16. The number of carbonyl (C=O) groups excluding carboxylic acids is 2. The highest BCUT2D eigenvalue weighted by Crippen LogP contribution is 2.31. The van der Waals surface area contributed by atoms with Crippen LogP contribution in [-0.4, -0.2) is 34.3 Å². The minimum atomic E-state index is -0.711. The number of hydrogen-bond acceptors (Lipinski definition) is 2. The Balaban J connectivity index is 2.26. The Hall–Kier alpha value is -1.06. The molecule has 1 atom stereocenters. The van der Waals surface area contributed by atoms with Crippen molar-refractivity contribution in [2.45, 2.75) is 83.3 Å². The van der Waals surface area contributed by atoms with Gasteiger partial charge in [0.2, 0.25) is 11.8 Å². The summed E-state index contributed by atoms with van der Waals surface area (Å²) in [7, 11) is 0. The zero-order valence-electron chi connectivity index (χ0n) is 12.4. The zero-order valence-corrected chi connectivity index (χ0v) is 12.4. The van der Waals surface area contributed by atoms with Gasteiger partial charge in [-0.15, -0.1) is 0 Å². The minimum Gasteiger partial charge on any atom is -0.342 e. The largest absolute Gasteiger partial charge is 0.342 e. The SMILES string of the molecule is CCC1NC(=O)C(C)(C)N(C2CCCCCC2)C1=O. The lowest BCUT2D eigenvalue weighted by molar-refractivity contribution is -0.159. The fourth-order valence-corrected chi connectivity index (χ4v) is 3.38.